The molecule has 14 heavy (non-hydrogen) atoms. The number of carbonyl (C=O) groups excluding carboxylic acids is 1. The fourth-order valence-corrected chi connectivity index (χ4v) is 1.72. The van der Waals surface area contributed by atoms with Crippen LogP contribution in [0.2, 0.25) is 0 Å². The van der Waals surface area contributed by atoms with E-state index in [0.717, 1.165) is 6.42 Å². The van der Waals surface area contributed by atoms with Crippen LogP contribution in [-0.2, 0) is 14.3 Å². The van der Waals surface area contributed by atoms with Crippen LogP contribution in [0, 0.1) is 5.92 Å². The summed E-state index contributed by atoms with van der Waals surface area (Å²) in [6.45, 7) is 1.94. The Morgan fingerprint density at radius 1 is 1.43 bits per heavy atom. The Balaban J connectivity index is 3.02. The monoisotopic (exact) mass is 200 g/mol. The van der Waals surface area contributed by atoms with Crippen LogP contribution >= 0.6 is 0 Å². The molecule has 4 heteroatoms. The predicted octanol–water partition coefficient (Wildman–Crippen LogP) is 0.851. The van der Waals surface area contributed by atoms with Crippen LogP contribution in [-0.4, -0.2) is 31.2 Å². The van der Waals surface area contributed by atoms with Crippen LogP contribution in [0.3, 0.4) is 0 Å². The first kappa shape index (κ1) is 11.0. The largest absolute Gasteiger partial charge is 0.494 e. The molecule has 1 N–H and O–H groups in total. The molecular formula is C10H16O4. The van der Waals surface area contributed by atoms with Crippen molar-refractivity contribution in [2.75, 3.05) is 14.2 Å². The maximum atomic E-state index is 11.5. The van der Waals surface area contributed by atoms with Crippen molar-refractivity contribution in [1.29, 1.82) is 0 Å². The van der Waals surface area contributed by atoms with Crippen LogP contribution in [0.4, 0.5) is 0 Å². The molecule has 0 heterocycles. The molecule has 0 bridgehead atoms. The van der Waals surface area contributed by atoms with E-state index in [4.69, 9.17) is 9.47 Å². The van der Waals surface area contributed by atoms with E-state index in [2.05, 4.69) is 0 Å². The van der Waals surface area contributed by atoms with Crippen molar-refractivity contribution in [3.63, 3.8) is 0 Å². The van der Waals surface area contributed by atoms with Crippen LogP contribution in [0.1, 0.15) is 19.8 Å². The van der Waals surface area contributed by atoms with Gasteiger partial charge in [0.1, 0.15) is 6.10 Å². The van der Waals surface area contributed by atoms with Gasteiger partial charge >= 0.3 is 0 Å². The van der Waals surface area contributed by atoms with Gasteiger partial charge in [-0.25, -0.2) is 0 Å². The number of rotatable bonds is 3. The minimum atomic E-state index is -0.724. The molecule has 0 aromatic heterocycles. The van der Waals surface area contributed by atoms with Gasteiger partial charge in [-0.2, -0.15) is 0 Å². The SMILES string of the molecule is CCC1CC(=O)C(OC)=C(OC)C1O. The van der Waals surface area contributed by atoms with E-state index < -0.39 is 6.10 Å². The molecule has 1 aliphatic rings. The molecule has 2 atom stereocenters. The van der Waals surface area contributed by atoms with E-state index in [1.54, 1.807) is 0 Å². The van der Waals surface area contributed by atoms with Gasteiger partial charge in [-0.3, -0.25) is 4.79 Å². The van der Waals surface area contributed by atoms with Crippen molar-refractivity contribution in [2.24, 2.45) is 5.92 Å². The summed E-state index contributed by atoms with van der Waals surface area (Å²) >= 11 is 0. The van der Waals surface area contributed by atoms with E-state index in [1.807, 2.05) is 6.92 Å². The Bertz CT molecular complexity index is 257. The Morgan fingerprint density at radius 3 is 2.50 bits per heavy atom. The van der Waals surface area contributed by atoms with Crippen LogP contribution in [0.5, 0.6) is 0 Å². The van der Waals surface area contributed by atoms with E-state index >= 15 is 0 Å². The second kappa shape index (κ2) is 4.46. The average Bonchev–Trinajstić information content (AvgIpc) is 2.20. The highest BCUT2D eigenvalue weighted by molar-refractivity contribution is 5.95. The number of carbonyl (C=O) groups is 1. The van der Waals surface area contributed by atoms with E-state index in [1.165, 1.54) is 14.2 Å². The van der Waals surface area contributed by atoms with Gasteiger partial charge in [0.15, 0.2) is 5.76 Å². The zero-order valence-electron chi connectivity index (χ0n) is 8.74. The summed E-state index contributed by atoms with van der Waals surface area (Å²) < 4.78 is 9.91. The van der Waals surface area contributed by atoms with E-state index in [0.29, 0.717) is 6.42 Å². The smallest absolute Gasteiger partial charge is 0.202 e. The van der Waals surface area contributed by atoms with E-state index in [9.17, 15) is 9.90 Å². The lowest BCUT2D eigenvalue weighted by Gasteiger charge is -2.28. The predicted molar refractivity (Wildman–Crippen MR) is 50.5 cm³/mol. The first-order valence-corrected chi connectivity index (χ1v) is 4.69. The summed E-state index contributed by atoms with van der Waals surface area (Å²) in [7, 11) is 2.84. The lowest BCUT2D eigenvalue weighted by atomic mass is 9.86. The van der Waals surface area contributed by atoms with Crippen molar-refractivity contribution < 1.29 is 19.4 Å². The number of hydrogen-bond acceptors (Lipinski definition) is 4. The van der Waals surface area contributed by atoms with Gasteiger partial charge in [0.05, 0.1) is 14.2 Å². The molecule has 2 unspecified atom stereocenters. The number of Topliss-reactive ketones (excluding diaryl/α,β-unsaturated/α-hetero) is 1. The molecule has 0 saturated heterocycles. The second-order valence-corrected chi connectivity index (χ2v) is 3.34. The Kier molecular flexibility index (Phi) is 3.52. The lowest BCUT2D eigenvalue weighted by Crippen LogP contribution is -2.33. The molecule has 0 aromatic rings. The lowest BCUT2D eigenvalue weighted by molar-refractivity contribution is -0.123. The van der Waals surface area contributed by atoms with E-state index in [-0.39, 0.29) is 23.2 Å². The minimum absolute atomic E-state index is 0.0589. The molecule has 1 rings (SSSR count). The summed E-state index contributed by atoms with van der Waals surface area (Å²) in [6.07, 6.45) is 0.349. The average molecular weight is 200 g/mol. The molecule has 1 aliphatic carbocycles. The van der Waals surface area contributed by atoms with Gasteiger partial charge in [-0.05, 0) is 12.3 Å². The number of ketones is 1. The van der Waals surface area contributed by atoms with Gasteiger partial charge in [0, 0.05) is 6.42 Å². The minimum Gasteiger partial charge on any atom is -0.494 e. The number of ether oxygens (including phenoxy) is 2. The number of methoxy groups -OCH3 is 2. The molecule has 0 aromatic carbocycles. The van der Waals surface area contributed by atoms with Gasteiger partial charge < -0.3 is 14.6 Å². The molecule has 0 aliphatic heterocycles. The molecule has 0 radical (unpaired) electrons. The van der Waals surface area contributed by atoms with Crippen molar-refractivity contribution in [3.05, 3.63) is 11.5 Å². The van der Waals surface area contributed by atoms with Crippen molar-refractivity contribution in [3.8, 4) is 0 Å². The third-order valence-electron chi connectivity index (χ3n) is 2.59. The Hall–Kier alpha value is -1.03. The fraction of sp³-hybridized carbons (Fsp3) is 0.700. The quantitative estimate of drug-likeness (QED) is 0.733. The zero-order chi connectivity index (χ0) is 10.7. The van der Waals surface area contributed by atoms with Crippen LogP contribution in [0.15, 0.2) is 11.5 Å². The first-order valence-electron chi connectivity index (χ1n) is 4.69. The third-order valence-corrected chi connectivity index (χ3v) is 2.59. The van der Waals surface area contributed by atoms with Gasteiger partial charge in [0.2, 0.25) is 11.5 Å². The first-order chi connectivity index (χ1) is 6.65. The standard InChI is InChI=1S/C10H16O4/c1-4-6-5-7(11)9(13-2)10(14-3)8(6)12/h6,8,12H,4-5H2,1-3H3. The maximum absolute atomic E-state index is 11.5. The molecule has 0 fully saturated rings. The molecular weight excluding hydrogens is 184 g/mol. The number of aliphatic hydroxyl groups excluding tert-OH is 1. The molecule has 4 nitrogen and oxygen atoms in total. The highest BCUT2D eigenvalue weighted by atomic mass is 16.5. The highest BCUT2D eigenvalue weighted by Crippen LogP contribution is 2.30. The van der Waals surface area contributed by atoms with Gasteiger partial charge in [-0.1, -0.05) is 6.92 Å². The van der Waals surface area contributed by atoms with Crippen molar-refractivity contribution in [2.45, 2.75) is 25.9 Å². The number of hydrogen-bond donors (Lipinski definition) is 1. The summed E-state index contributed by atoms with van der Waals surface area (Å²) in [5.74, 6) is 0.262. The summed E-state index contributed by atoms with van der Waals surface area (Å²) in [6, 6.07) is 0. The third kappa shape index (κ3) is 1.75. The number of aliphatic hydroxyl groups is 1. The summed E-state index contributed by atoms with van der Waals surface area (Å²) in [5, 5.41) is 9.83. The zero-order valence-corrected chi connectivity index (χ0v) is 8.74. The molecule has 0 saturated carbocycles. The Labute approximate surface area is 83.5 Å². The summed E-state index contributed by atoms with van der Waals surface area (Å²) in [4.78, 5) is 11.5. The molecule has 0 amide bonds. The van der Waals surface area contributed by atoms with Crippen molar-refractivity contribution in [1.82, 2.24) is 0 Å². The summed E-state index contributed by atoms with van der Waals surface area (Å²) in [5.41, 5.74) is 0. The second-order valence-electron chi connectivity index (χ2n) is 3.34. The highest BCUT2D eigenvalue weighted by Gasteiger charge is 2.36. The van der Waals surface area contributed by atoms with Crippen LogP contribution in [0.25, 0.3) is 0 Å². The Morgan fingerprint density at radius 2 is 2.07 bits per heavy atom. The number of allylic oxidation sites excluding steroid dienone is 1. The maximum Gasteiger partial charge on any atom is 0.202 e. The van der Waals surface area contributed by atoms with Crippen LogP contribution < -0.4 is 0 Å². The molecule has 0 spiro atoms. The van der Waals surface area contributed by atoms with Gasteiger partial charge in [0.25, 0.3) is 0 Å². The molecule has 80 valence electrons. The normalized spacial score (nSPS) is 27.9. The van der Waals surface area contributed by atoms with Gasteiger partial charge in [-0.15, -0.1) is 0 Å². The van der Waals surface area contributed by atoms with Crippen molar-refractivity contribution >= 4 is 5.78 Å². The fourth-order valence-electron chi connectivity index (χ4n) is 1.72. The topological polar surface area (TPSA) is 55.8 Å².